The topological polar surface area (TPSA) is 65.2 Å². The van der Waals surface area contributed by atoms with Gasteiger partial charge >= 0.3 is 0 Å². The van der Waals surface area contributed by atoms with E-state index in [1.165, 1.54) is 11.3 Å². The van der Waals surface area contributed by atoms with Gasteiger partial charge in [-0.2, -0.15) is 0 Å². The van der Waals surface area contributed by atoms with Crippen LogP contribution in [0.1, 0.15) is 39.3 Å². The molecular weight excluding hydrogens is 272 g/mol. The molecule has 2 N–H and O–H groups in total. The Kier molecular flexibility index (Phi) is 5.26. The molecule has 0 fully saturated rings. The molecule has 1 aromatic carbocycles. The third-order valence-electron chi connectivity index (χ3n) is 2.78. The summed E-state index contributed by atoms with van der Waals surface area (Å²) in [5.41, 5.74) is 6.81. The maximum Gasteiger partial charge on any atom is 0.268 e. The number of carbonyl (C=O) groups excluding carboxylic acids is 1. The molecule has 0 aliphatic carbocycles. The van der Waals surface area contributed by atoms with Crippen LogP contribution < -0.4 is 5.73 Å². The molecule has 0 unspecified atom stereocenters. The molecule has 0 saturated heterocycles. The fourth-order valence-corrected chi connectivity index (χ4v) is 2.96. The normalized spacial score (nSPS) is 10.7. The Morgan fingerprint density at radius 2 is 2.05 bits per heavy atom. The van der Waals surface area contributed by atoms with Crippen molar-refractivity contribution < 1.29 is 9.53 Å². The third kappa shape index (κ3) is 3.88. The van der Waals surface area contributed by atoms with Crippen molar-refractivity contribution in [3.05, 3.63) is 51.5 Å². The summed E-state index contributed by atoms with van der Waals surface area (Å²) in [6.07, 6.45) is 1.86. The van der Waals surface area contributed by atoms with Crippen molar-refractivity contribution in [2.45, 2.75) is 33.0 Å². The lowest BCUT2D eigenvalue weighted by Gasteiger charge is -2.03. The second-order valence-electron chi connectivity index (χ2n) is 4.47. The number of carbonyl (C=O) groups is 1. The molecule has 1 aromatic heterocycles. The van der Waals surface area contributed by atoms with Gasteiger partial charge in [0, 0.05) is 0 Å². The summed E-state index contributed by atoms with van der Waals surface area (Å²) in [5.74, 6) is -0.484. The maximum absolute atomic E-state index is 11.4. The van der Waals surface area contributed by atoms with Gasteiger partial charge in [0.15, 0.2) is 0 Å². The molecule has 1 heterocycles. The van der Waals surface area contributed by atoms with Crippen LogP contribution in [0.25, 0.3) is 0 Å². The summed E-state index contributed by atoms with van der Waals surface area (Å²) < 4.78 is 5.65. The molecule has 0 aliphatic heterocycles. The van der Waals surface area contributed by atoms with E-state index in [0.29, 0.717) is 18.9 Å². The van der Waals surface area contributed by atoms with E-state index in [1.807, 2.05) is 30.3 Å². The van der Waals surface area contributed by atoms with Crippen LogP contribution in [0, 0.1) is 0 Å². The standard InChI is InChI=1S/C15H18N2O2S/c1-2-6-13-17-14(15(16)18)12(20-13)10-19-9-11-7-4-3-5-8-11/h3-5,7-8H,2,6,9-10H2,1H3,(H2,16,18). The first-order chi connectivity index (χ1) is 9.70. The van der Waals surface area contributed by atoms with Gasteiger partial charge in [0.05, 0.1) is 23.1 Å². The van der Waals surface area contributed by atoms with Crippen LogP contribution in [0.3, 0.4) is 0 Å². The first-order valence-corrected chi connectivity index (χ1v) is 7.42. The van der Waals surface area contributed by atoms with Gasteiger partial charge < -0.3 is 10.5 Å². The van der Waals surface area contributed by atoms with E-state index in [0.717, 1.165) is 28.3 Å². The Bertz CT molecular complexity index is 567. The van der Waals surface area contributed by atoms with Crippen molar-refractivity contribution in [3.63, 3.8) is 0 Å². The van der Waals surface area contributed by atoms with Crippen LogP contribution in [-0.2, 0) is 24.4 Å². The Morgan fingerprint density at radius 1 is 1.30 bits per heavy atom. The molecule has 4 nitrogen and oxygen atoms in total. The molecular formula is C15H18N2O2S. The number of amides is 1. The van der Waals surface area contributed by atoms with Crippen molar-refractivity contribution in [2.75, 3.05) is 0 Å². The van der Waals surface area contributed by atoms with Gasteiger partial charge in [-0.05, 0) is 18.4 Å². The number of ether oxygens (including phenoxy) is 1. The molecule has 2 aromatic rings. The van der Waals surface area contributed by atoms with Crippen LogP contribution in [0.4, 0.5) is 0 Å². The molecule has 20 heavy (non-hydrogen) atoms. The first-order valence-electron chi connectivity index (χ1n) is 6.60. The molecule has 106 valence electrons. The van der Waals surface area contributed by atoms with E-state index >= 15 is 0 Å². The molecule has 0 atom stereocenters. The van der Waals surface area contributed by atoms with Crippen molar-refractivity contribution in [1.82, 2.24) is 4.98 Å². The van der Waals surface area contributed by atoms with Crippen LogP contribution in [-0.4, -0.2) is 10.9 Å². The minimum Gasteiger partial charge on any atom is -0.371 e. The monoisotopic (exact) mass is 290 g/mol. The molecule has 5 heteroatoms. The largest absolute Gasteiger partial charge is 0.371 e. The highest BCUT2D eigenvalue weighted by Gasteiger charge is 2.15. The van der Waals surface area contributed by atoms with E-state index in [2.05, 4.69) is 11.9 Å². The van der Waals surface area contributed by atoms with Crippen molar-refractivity contribution in [2.24, 2.45) is 5.73 Å². The van der Waals surface area contributed by atoms with Crippen molar-refractivity contribution >= 4 is 17.2 Å². The van der Waals surface area contributed by atoms with Gasteiger partial charge in [0.25, 0.3) is 5.91 Å². The van der Waals surface area contributed by atoms with Crippen LogP contribution in [0.15, 0.2) is 30.3 Å². The highest BCUT2D eigenvalue weighted by atomic mass is 32.1. The summed E-state index contributed by atoms with van der Waals surface area (Å²) >= 11 is 1.51. The van der Waals surface area contributed by atoms with Crippen LogP contribution in [0.2, 0.25) is 0 Å². The van der Waals surface area contributed by atoms with Gasteiger partial charge in [0.2, 0.25) is 0 Å². The quantitative estimate of drug-likeness (QED) is 0.852. The molecule has 1 amide bonds. The average Bonchev–Trinajstić information content (AvgIpc) is 2.84. The highest BCUT2D eigenvalue weighted by Crippen LogP contribution is 2.21. The average molecular weight is 290 g/mol. The Morgan fingerprint density at radius 3 is 2.70 bits per heavy atom. The smallest absolute Gasteiger partial charge is 0.268 e. The van der Waals surface area contributed by atoms with Crippen molar-refractivity contribution in [1.29, 1.82) is 0 Å². The molecule has 0 bridgehead atoms. The number of aryl methyl sites for hydroxylation is 1. The zero-order valence-electron chi connectivity index (χ0n) is 11.5. The van der Waals surface area contributed by atoms with Crippen LogP contribution >= 0.6 is 11.3 Å². The summed E-state index contributed by atoms with van der Waals surface area (Å²) in [4.78, 5) is 16.5. The lowest BCUT2D eigenvalue weighted by atomic mass is 10.2. The SMILES string of the molecule is CCCc1nc(C(N)=O)c(COCc2ccccc2)s1. The number of rotatable bonds is 7. The summed E-state index contributed by atoms with van der Waals surface area (Å²) in [5, 5.41) is 0.944. The number of hydrogen-bond acceptors (Lipinski definition) is 4. The van der Waals surface area contributed by atoms with E-state index in [4.69, 9.17) is 10.5 Å². The molecule has 0 spiro atoms. The van der Waals surface area contributed by atoms with Crippen LogP contribution in [0.5, 0.6) is 0 Å². The van der Waals surface area contributed by atoms with E-state index in [1.54, 1.807) is 0 Å². The highest BCUT2D eigenvalue weighted by molar-refractivity contribution is 7.11. The fourth-order valence-electron chi connectivity index (χ4n) is 1.85. The van der Waals surface area contributed by atoms with E-state index in [-0.39, 0.29) is 0 Å². The summed E-state index contributed by atoms with van der Waals surface area (Å²) in [6, 6.07) is 9.92. The zero-order valence-corrected chi connectivity index (χ0v) is 12.3. The first kappa shape index (κ1) is 14.7. The summed E-state index contributed by atoms with van der Waals surface area (Å²) in [7, 11) is 0. The number of benzene rings is 1. The van der Waals surface area contributed by atoms with E-state index in [9.17, 15) is 4.79 Å². The number of thiazole rings is 1. The number of nitrogens with zero attached hydrogens (tertiary/aromatic N) is 1. The molecule has 0 aliphatic rings. The predicted octanol–water partition coefficient (Wildman–Crippen LogP) is 2.91. The number of primary amides is 1. The minimum atomic E-state index is -0.484. The van der Waals surface area contributed by atoms with Gasteiger partial charge in [0.1, 0.15) is 5.69 Å². The Balaban J connectivity index is 1.99. The number of hydrogen-bond donors (Lipinski definition) is 1. The molecule has 2 rings (SSSR count). The predicted molar refractivity (Wildman–Crippen MR) is 79.6 cm³/mol. The lowest BCUT2D eigenvalue weighted by Crippen LogP contribution is -2.14. The summed E-state index contributed by atoms with van der Waals surface area (Å²) in [6.45, 7) is 2.96. The molecule has 0 saturated carbocycles. The fraction of sp³-hybridized carbons (Fsp3) is 0.333. The zero-order chi connectivity index (χ0) is 14.4. The second-order valence-corrected chi connectivity index (χ2v) is 5.64. The van der Waals surface area contributed by atoms with Gasteiger partial charge in [-0.3, -0.25) is 4.79 Å². The van der Waals surface area contributed by atoms with Gasteiger partial charge in [-0.1, -0.05) is 37.3 Å². The Hall–Kier alpha value is -1.72. The van der Waals surface area contributed by atoms with Gasteiger partial charge in [-0.25, -0.2) is 4.98 Å². The van der Waals surface area contributed by atoms with E-state index < -0.39 is 5.91 Å². The molecule has 0 radical (unpaired) electrons. The lowest BCUT2D eigenvalue weighted by molar-refractivity contribution is 0.0968. The maximum atomic E-state index is 11.4. The van der Waals surface area contributed by atoms with Gasteiger partial charge in [-0.15, -0.1) is 11.3 Å². The third-order valence-corrected chi connectivity index (χ3v) is 3.87. The minimum absolute atomic E-state index is 0.353. The number of aromatic nitrogens is 1. The Labute approximate surface area is 122 Å². The number of nitrogens with two attached hydrogens (primary N) is 1. The second kappa shape index (κ2) is 7.17. The van der Waals surface area contributed by atoms with Crippen molar-refractivity contribution in [3.8, 4) is 0 Å².